The molecule has 0 bridgehead atoms. The molecule has 0 aromatic carbocycles. The van der Waals surface area contributed by atoms with Gasteiger partial charge in [0.2, 0.25) is 0 Å². The van der Waals surface area contributed by atoms with Crippen LogP contribution in [0.3, 0.4) is 0 Å². The van der Waals surface area contributed by atoms with Crippen molar-refractivity contribution in [2.75, 3.05) is 0 Å². The Hall–Kier alpha value is -0.260. The maximum Gasteiger partial charge on any atom is -0.0167 e. The summed E-state index contributed by atoms with van der Waals surface area (Å²) in [4.78, 5) is 0. The minimum Gasteiger partial charge on any atom is -0.0845 e. The number of hydrogen-bond donors (Lipinski definition) is 0. The standard InChI is InChI=1S/C15H26/c1-10(2)13-8-6-12(4)14-7-5-11(3)9-15(13)14/h7,10-13,15H,5-6,8-9H2,1-4H3. The Labute approximate surface area is 95.1 Å². The smallest absolute Gasteiger partial charge is 0.0167 e. The van der Waals surface area contributed by atoms with Crippen molar-refractivity contribution in [1.29, 1.82) is 0 Å². The molecule has 4 unspecified atom stereocenters. The molecular weight excluding hydrogens is 180 g/mol. The van der Waals surface area contributed by atoms with E-state index in [2.05, 4.69) is 33.8 Å². The lowest BCUT2D eigenvalue weighted by molar-refractivity contribution is 0.169. The van der Waals surface area contributed by atoms with E-state index >= 15 is 0 Å². The molecule has 2 aliphatic rings. The van der Waals surface area contributed by atoms with Crippen molar-refractivity contribution in [3.05, 3.63) is 11.6 Å². The second-order valence-electron chi connectivity index (χ2n) is 6.27. The Bertz CT molecular complexity index is 249. The largest absolute Gasteiger partial charge is 0.0845 e. The van der Waals surface area contributed by atoms with E-state index < -0.39 is 0 Å². The summed E-state index contributed by atoms with van der Waals surface area (Å²) in [6.45, 7) is 9.68. The lowest BCUT2D eigenvalue weighted by Crippen LogP contribution is -2.33. The van der Waals surface area contributed by atoms with E-state index in [-0.39, 0.29) is 0 Å². The van der Waals surface area contributed by atoms with E-state index in [4.69, 9.17) is 0 Å². The average molecular weight is 206 g/mol. The predicted octanol–water partition coefficient (Wildman–Crippen LogP) is 4.66. The summed E-state index contributed by atoms with van der Waals surface area (Å²) in [5.74, 6) is 4.56. The SMILES string of the molecule is CC1CC=C2C(C)CCC(C(C)C)C2C1. The second kappa shape index (κ2) is 4.31. The van der Waals surface area contributed by atoms with Crippen LogP contribution in [0.2, 0.25) is 0 Å². The minimum atomic E-state index is 0.871. The highest BCUT2D eigenvalue weighted by atomic mass is 14.4. The van der Waals surface area contributed by atoms with E-state index in [1.165, 1.54) is 25.7 Å². The maximum absolute atomic E-state index is 2.58. The summed E-state index contributed by atoms with van der Waals surface area (Å²) in [5, 5.41) is 0. The highest BCUT2D eigenvalue weighted by molar-refractivity contribution is 5.17. The van der Waals surface area contributed by atoms with Gasteiger partial charge in [-0.25, -0.2) is 0 Å². The van der Waals surface area contributed by atoms with Crippen LogP contribution in [-0.4, -0.2) is 0 Å². The van der Waals surface area contributed by atoms with E-state index in [1.54, 1.807) is 0 Å². The predicted molar refractivity (Wildman–Crippen MR) is 66.7 cm³/mol. The topological polar surface area (TPSA) is 0 Å². The lowest BCUT2D eigenvalue weighted by atomic mass is 9.62. The van der Waals surface area contributed by atoms with Gasteiger partial charge in [-0.15, -0.1) is 0 Å². The van der Waals surface area contributed by atoms with Crippen LogP contribution in [0.1, 0.15) is 53.4 Å². The van der Waals surface area contributed by atoms with Crippen LogP contribution < -0.4 is 0 Å². The molecule has 0 aromatic rings. The van der Waals surface area contributed by atoms with E-state index in [0.717, 1.165) is 29.6 Å². The zero-order chi connectivity index (χ0) is 11.0. The molecule has 0 aliphatic heterocycles. The van der Waals surface area contributed by atoms with Gasteiger partial charge in [-0.3, -0.25) is 0 Å². The molecule has 2 aliphatic carbocycles. The van der Waals surface area contributed by atoms with Gasteiger partial charge in [0.25, 0.3) is 0 Å². The van der Waals surface area contributed by atoms with E-state index in [0.29, 0.717) is 0 Å². The summed E-state index contributed by atoms with van der Waals surface area (Å²) in [6, 6.07) is 0. The van der Waals surface area contributed by atoms with Crippen LogP contribution in [0.25, 0.3) is 0 Å². The number of fused-ring (bicyclic) bond motifs is 1. The number of hydrogen-bond acceptors (Lipinski definition) is 0. The molecule has 4 atom stereocenters. The van der Waals surface area contributed by atoms with Gasteiger partial charge in [0.05, 0.1) is 0 Å². The quantitative estimate of drug-likeness (QED) is 0.547. The molecule has 0 spiro atoms. The molecule has 0 radical (unpaired) electrons. The van der Waals surface area contributed by atoms with Crippen LogP contribution in [0.15, 0.2) is 11.6 Å². The fourth-order valence-corrected chi connectivity index (χ4v) is 3.75. The molecule has 0 heterocycles. The first kappa shape index (κ1) is 11.2. The van der Waals surface area contributed by atoms with Crippen molar-refractivity contribution < 1.29 is 0 Å². The van der Waals surface area contributed by atoms with Crippen molar-refractivity contribution in [2.24, 2.45) is 29.6 Å². The van der Waals surface area contributed by atoms with Crippen LogP contribution in [0, 0.1) is 29.6 Å². The molecule has 86 valence electrons. The van der Waals surface area contributed by atoms with Crippen LogP contribution >= 0.6 is 0 Å². The van der Waals surface area contributed by atoms with Crippen molar-refractivity contribution >= 4 is 0 Å². The monoisotopic (exact) mass is 206 g/mol. The van der Waals surface area contributed by atoms with Gasteiger partial charge in [-0.2, -0.15) is 0 Å². The molecule has 0 nitrogen and oxygen atoms in total. The van der Waals surface area contributed by atoms with Gasteiger partial charge in [0.1, 0.15) is 0 Å². The first-order chi connectivity index (χ1) is 7.09. The first-order valence-electron chi connectivity index (χ1n) is 6.79. The third kappa shape index (κ3) is 2.14. The third-order valence-electron chi connectivity index (χ3n) is 4.72. The fraction of sp³-hybridized carbons (Fsp3) is 0.867. The third-order valence-corrected chi connectivity index (χ3v) is 4.72. The molecule has 0 heteroatoms. The Morgan fingerprint density at radius 1 is 1.20 bits per heavy atom. The Kier molecular flexibility index (Phi) is 3.23. The van der Waals surface area contributed by atoms with Gasteiger partial charge in [0.15, 0.2) is 0 Å². The van der Waals surface area contributed by atoms with Gasteiger partial charge < -0.3 is 0 Å². The maximum atomic E-state index is 2.58. The molecule has 0 N–H and O–H groups in total. The first-order valence-corrected chi connectivity index (χ1v) is 6.79. The zero-order valence-electron chi connectivity index (χ0n) is 10.8. The molecule has 1 saturated carbocycles. The Balaban J connectivity index is 2.20. The Morgan fingerprint density at radius 3 is 2.60 bits per heavy atom. The molecule has 0 saturated heterocycles. The van der Waals surface area contributed by atoms with Gasteiger partial charge in [-0.05, 0) is 55.3 Å². The second-order valence-corrected chi connectivity index (χ2v) is 6.27. The van der Waals surface area contributed by atoms with Crippen LogP contribution in [-0.2, 0) is 0 Å². The van der Waals surface area contributed by atoms with Crippen molar-refractivity contribution in [3.8, 4) is 0 Å². The van der Waals surface area contributed by atoms with Crippen molar-refractivity contribution in [1.82, 2.24) is 0 Å². The highest BCUT2D eigenvalue weighted by Crippen LogP contribution is 2.47. The Morgan fingerprint density at radius 2 is 1.93 bits per heavy atom. The lowest BCUT2D eigenvalue weighted by Gasteiger charge is -2.43. The van der Waals surface area contributed by atoms with Crippen molar-refractivity contribution in [3.63, 3.8) is 0 Å². The summed E-state index contributed by atoms with van der Waals surface area (Å²) in [5.41, 5.74) is 1.82. The summed E-state index contributed by atoms with van der Waals surface area (Å²) >= 11 is 0. The molecule has 0 amide bonds. The van der Waals surface area contributed by atoms with E-state index in [1.807, 2.05) is 5.57 Å². The van der Waals surface area contributed by atoms with Crippen LogP contribution in [0.5, 0.6) is 0 Å². The molecule has 1 fully saturated rings. The molecule has 15 heavy (non-hydrogen) atoms. The number of rotatable bonds is 1. The normalized spacial score (nSPS) is 41.3. The fourth-order valence-electron chi connectivity index (χ4n) is 3.75. The highest BCUT2D eigenvalue weighted by Gasteiger charge is 2.36. The average Bonchev–Trinajstić information content (AvgIpc) is 2.17. The molecular formula is C15H26. The summed E-state index contributed by atoms with van der Waals surface area (Å²) in [7, 11) is 0. The molecule has 0 aromatic heterocycles. The number of allylic oxidation sites excluding steroid dienone is 2. The van der Waals surface area contributed by atoms with E-state index in [9.17, 15) is 0 Å². The van der Waals surface area contributed by atoms with Crippen LogP contribution in [0.4, 0.5) is 0 Å². The zero-order valence-corrected chi connectivity index (χ0v) is 10.8. The van der Waals surface area contributed by atoms with Crippen molar-refractivity contribution in [2.45, 2.75) is 53.4 Å². The summed E-state index contributed by atoms with van der Waals surface area (Å²) in [6.07, 6.45) is 8.27. The molecule has 2 rings (SSSR count). The van der Waals surface area contributed by atoms with Gasteiger partial charge in [0, 0.05) is 0 Å². The van der Waals surface area contributed by atoms with Gasteiger partial charge >= 0.3 is 0 Å². The van der Waals surface area contributed by atoms with Gasteiger partial charge in [-0.1, -0.05) is 39.3 Å². The summed E-state index contributed by atoms with van der Waals surface area (Å²) < 4.78 is 0. The minimum absolute atomic E-state index is 0.871.